The molecule has 1 aromatic heterocycles. The lowest BCUT2D eigenvalue weighted by Gasteiger charge is -2.34. The van der Waals surface area contributed by atoms with Crippen molar-refractivity contribution in [1.82, 2.24) is 9.88 Å². The van der Waals surface area contributed by atoms with Gasteiger partial charge in [0.05, 0.1) is 0 Å². The highest BCUT2D eigenvalue weighted by Gasteiger charge is 2.39. The van der Waals surface area contributed by atoms with E-state index >= 15 is 0 Å². The predicted molar refractivity (Wildman–Crippen MR) is 144 cm³/mol. The van der Waals surface area contributed by atoms with E-state index in [9.17, 15) is 5.11 Å². The van der Waals surface area contributed by atoms with E-state index in [1.165, 1.54) is 0 Å². The van der Waals surface area contributed by atoms with Crippen LogP contribution in [0.2, 0.25) is 5.15 Å². The molecule has 1 atom stereocenters. The van der Waals surface area contributed by atoms with Crippen LogP contribution in [-0.2, 0) is 5.60 Å². The zero-order valence-corrected chi connectivity index (χ0v) is 20.4. The second kappa shape index (κ2) is 8.76. The van der Waals surface area contributed by atoms with Gasteiger partial charge in [0.15, 0.2) is 0 Å². The minimum Gasteiger partial charge on any atom is -0.376 e. The third kappa shape index (κ3) is 3.81. The molecule has 4 aromatic carbocycles. The Morgan fingerprint density at radius 3 is 1.94 bits per heavy atom. The monoisotopic (exact) mass is 478 g/mol. The molecule has 1 aliphatic heterocycles. The standard InChI is InChI=1S/C31H27ClN2O/c1-34-16-6-11-29(34)27-20-33-30(32)19-28(27)31(35,25-14-12-21-7-2-4-9-23(21)17-25)26-15-13-22-8-3-5-10-24(22)18-26/h2-5,7-10,12-15,17-20,29,35H,6,11,16H2,1H3/t29-/m0/s1. The van der Waals surface area contributed by atoms with Crippen LogP contribution in [-0.4, -0.2) is 28.6 Å². The van der Waals surface area contributed by atoms with E-state index in [0.717, 1.165) is 63.2 Å². The van der Waals surface area contributed by atoms with Gasteiger partial charge in [0.2, 0.25) is 0 Å². The molecule has 0 bridgehead atoms. The van der Waals surface area contributed by atoms with E-state index in [2.05, 4.69) is 65.5 Å². The third-order valence-corrected chi connectivity index (χ3v) is 7.71. The van der Waals surface area contributed by atoms with Crippen LogP contribution < -0.4 is 0 Å². The average Bonchev–Trinajstić information content (AvgIpc) is 3.33. The van der Waals surface area contributed by atoms with Gasteiger partial charge in [-0.25, -0.2) is 4.98 Å². The Balaban J connectivity index is 1.65. The highest BCUT2D eigenvalue weighted by Crippen LogP contribution is 2.44. The fourth-order valence-electron chi connectivity index (χ4n) is 5.63. The fourth-order valence-corrected chi connectivity index (χ4v) is 5.79. The van der Waals surface area contributed by atoms with Crippen molar-refractivity contribution in [3.05, 3.63) is 125 Å². The summed E-state index contributed by atoms with van der Waals surface area (Å²) in [4.78, 5) is 6.79. The second-order valence-corrected chi connectivity index (χ2v) is 9.95. The minimum absolute atomic E-state index is 0.183. The molecule has 3 nitrogen and oxygen atoms in total. The molecule has 4 heteroatoms. The molecule has 5 aromatic rings. The zero-order valence-electron chi connectivity index (χ0n) is 19.7. The summed E-state index contributed by atoms with van der Waals surface area (Å²) in [7, 11) is 2.14. The molecule has 6 rings (SSSR count). The van der Waals surface area contributed by atoms with Crippen LogP contribution in [0.15, 0.2) is 97.2 Å². The van der Waals surface area contributed by atoms with Gasteiger partial charge in [0, 0.05) is 17.8 Å². The predicted octanol–water partition coefficient (Wildman–Crippen LogP) is 7.09. The summed E-state index contributed by atoms with van der Waals surface area (Å²) in [6, 6.07) is 31.0. The van der Waals surface area contributed by atoms with Gasteiger partial charge in [-0.1, -0.05) is 84.4 Å². The smallest absolute Gasteiger partial charge is 0.141 e. The quantitative estimate of drug-likeness (QED) is 0.280. The van der Waals surface area contributed by atoms with Gasteiger partial charge < -0.3 is 5.11 Å². The fraction of sp³-hybridized carbons (Fsp3) is 0.194. The van der Waals surface area contributed by atoms with Crippen molar-refractivity contribution >= 4 is 33.1 Å². The van der Waals surface area contributed by atoms with Crippen LogP contribution in [0, 0.1) is 0 Å². The lowest BCUT2D eigenvalue weighted by Crippen LogP contribution is -2.32. The number of aromatic nitrogens is 1. The molecule has 1 aliphatic rings. The van der Waals surface area contributed by atoms with E-state index in [4.69, 9.17) is 11.6 Å². The minimum atomic E-state index is -1.40. The van der Waals surface area contributed by atoms with Crippen LogP contribution in [0.5, 0.6) is 0 Å². The van der Waals surface area contributed by atoms with Crippen molar-refractivity contribution in [2.24, 2.45) is 0 Å². The Bertz CT molecular complexity index is 1470. The molecule has 1 N–H and O–H groups in total. The van der Waals surface area contributed by atoms with Crippen LogP contribution in [0.1, 0.15) is 41.1 Å². The van der Waals surface area contributed by atoms with Crippen LogP contribution in [0.25, 0.3) is 21.5 Å². The molecule has 1 fully saturated rings. The summed E-state index contributed by atoms with van der Waals surface area (Å²) in [5.41, 5.74) is 2.05. The van der Waals surface area contributed by atoms with Crippen LogP contribution >= 0.6 is 11.6 Å². The molecule has 0 saturated carbocycles. The summed E-state index contributed by atoms with van der Waals surface area (Å²) >= 11 is 6.50. The Hall–Kier alpha value is -3.24. The molecular formula is C31H27ClN2O. The van der Waals surface area contributed by atoms with E-state index in [1.807, 2.05) is 48.7 Å². The van der Waals surface area contributed by atoms with E-state index in [1.54, 1.807) is 0 Å². The lowest BCUT2D eigenvalue weighted by atomic mass is 9.76. The molecule has 2 heterocycles. The second-order valence-electron chi connectivity index (χ2n) is 9.57. The summed E-state index contributed by atoms with van der Waals surface area (Å²) < 4.78 is 0. The van der Waals surface area contributed by atoms with Gasteiger partial charge in [-0.3, -0.25) is 4.90 Å². The molecule has 174 valence electrons. The third-order valence-electron chi connectivity index (χ3n) is 7.51. The number of nitrogens with zero attached hydrogens (tertiary/aromatic N) is 2. The van der Waals surface area contributed by atoms with Crippen molar-refractivity contribution in [2.75, 3.05) is 13.6 Å². The Labute approximate surface area is 210 Å². The van der Waals surface area contributed by atoms with Gasteiger partial charge >= 0.3 is 0 Å². The number of hydrogen-bond donors (Lipinski definition) is 1. The Morgan fingerprint density at radius 2 is 1.40 bits per heavy atom. The molecule has 0 radical (unpaired) electrons. The highest BCUT2D eigenvalue weighted by molar-refractivity contribution is 6.29. The van der Waals surface area contributed by atoms with E-state index in [-0.39, 0.29) is 6.04 Å². The number of rotatable bonds is 4. The van der Waals surface area contributed by atoms with Gasteiger partial charge in [-0.15, -0.1) is 0 Å². The number of likely N-dealkylation sites (tertiary alicyclic amines) is 1. The number of fused-ring (bicyclic) bond motifs is 2. The van der Waals surface area contributed by atoms with Crippen molar-refractivity contribution in [3.63, 3.8) is 0 Å². The Kier molecular flexibility index (Phi) is 5.57. The van der Waals surface area contributed by atoms with Crippen molar-refractivity contribution in [1.29, 1.82) is 0 Å². The molecule has 0 aliphatic carbocycles. The maximum Gasteiger partial charge on any atom is 0.141 e. The number of hydrogen-bond acceptors (Lipinski definition) is 3. The number of aliphatic hydroxyl groups is 1. The summed E-state index contributed by atoms with van der Waals surface area (Å²) in [5, 5.41) is 17.7. The van der Waals surface area contributed by atoms with E-state index in [0.29, 0.717) is 5.15 Å². The topological polar surface area (TPSA) is 36.4 Å². The van der Waals surface area contributed by atoms with Gasteiger partial charge in [-0.05, 0) is 82.9 Å². The first-order chi connectivity index (χ1) is 17.0. The first-order valence-corrected chi connectivity index (χ1v) is 12.5. The highest BCUT2D eigenvalue weighted by atomic mass is 35.5. The van der Waals surface area contributed by atoms with Crippen molar-refractivity contribution in [2.45, 2.75) is 24.5 Å². The average molecular weight is 479 g/mol. The largest absolute Gasteiger partial charge is 0.376 e. The lowest BCUT2D eigenvalue weighted by molar-refractivity contribution is 0.123. The first kappa shape index (κ1) is 22.2. The number of pyridine rings is 1. The molecular weight excluding hydrogens is 452 g/mol. The van der Waals surface area contributed by atoms with Crippen molar-refractivity contribution < 1.29 is 5.11 Å². The maximum atomic E-state index is 12.9. The molecule has 0 unspecified atom stereocenters. The van der Waals surface area contributed by atoms with Gasteiger partial charge in [0.25, 0.3) is 0 Å². The summed E-state index contributed by atoms with van der Waals surface area (Å²) in [5.74, 6) is 0. The summed E-state index contributed by atoms with van der Waals surface area (Å²) in [6.45, 7) is 1.02. The molecule has 0 amide bonds. The zero-order chi connectivity index (χ0) is 24.0. The van der Waals surface area contributed by atoms with Gasteiger partial charge in [0.1, 0.15) is 10.8 Å². The Morgan fingerprint density at radius 1 is 0.829 bits per heavy atom. The first-order valence-electron chi connectivity index (χ1n) is 12.1. The number of benzene rings is 4. The molecule has 0 spiro atoms. The van der Waals surface area contributed by atoms with Crippen LogP contribution in [0.3, 0.4) is 0 Å². The summed E-state index contributed by atoms with van der Waals surface area (Å²) in [6.07, 6.45) is 4.00. The van der Waals surface area contributed by atoms with Crippen LogP contribution in [0.4, 0.5) is 0 Å². The van der Waals surface area contributed by atoms with E-state index < -0.39 is 5.60 Å². The SMILES string of the molecule is CN1CCC[C@H]1c1cnc(Cl)cc1C(O)(c1ccc2ccccc2c1)c1ccc2ccccc2c1. The van der Waals surface area contributed by atoms with Crippen molar-refractivity contribution in [3.8, 4) is 0 Å². The maximum absolute atomic E-state index is 12.9. The van der Waals surface area contributed by atoms with Gasteiger partial charge in [-0.2, -0.15) is 0 Å². The molecule has 35 heavy (non-hydrogen) atoms. The number of halogens is 1. The molecule has 1 saturated heterocycles. The normalized spacial score (nSPS) is 16.8.